The monoisotopic (exact) mass is 389 g/mol. The molecule has 0 saturated heterocycles. The molecule has 2 aromatic carbocycles. The molecular formula is C21H15N3O3S. The summed E-state index contributed by atoms with van der Waals surface area (Å²) in [4.78, 5) is 42.0. The highest BCUT2D eigenvalue weighted by Gasteiger charge is 2.11. The summed E-state index contributed by atoms with van der Waals surface area (Å²) < 4.78 is 1.31. The number of hydrogen-bond donors (Lipinski definition) is 1. The normalized spacial score (nSPS) is 10.7. The van der Waals surface area contributed by atoms with Gasteiger partial charge in [-0.05, 0) is 47.8 Å². The number of carbonyl (C=O) groups excluding carboxylic acids is 2. The van der Waals surface area contributed by atoms with Crippen molar-refractivity contribution in [2.75, 3.05) is 5.32 Å². The third kappa shape index (κ3) is 3.60. The van der Waals surface area contributed by atoms with Gasteiger partial charge in [0.05, 0.1) is 18.3 Å². The lowest BCUT2D eigenvalue weighted by molar-refractivity contribution is 0.0970. The summed E-state index contributed by atoms with van der Waals surface area (Å²) in [5.41, 5.74) is 1.36. The van der Waals surface area contributed by atoms with Crippen LogP contribution in [0, 0.1) is 0 Å². The van der Waals surface area contributed by atoms with Crippen molar-refractivity contribution in [2.45, 2.75) is 6.54 Å². The first-order valence-corrected chi connectivity index (χ1v) is 9.42. The maximum atomic E-state index is 12.5. The van der Waals surface area contributed by atoms with Crippen LogP contribution in [0.1, 0.15) is 20.7 Å². The van der Waals surface area contributed by atoms with E-state index in [0.29, 0.717) is 27.0 Å². The highest BCUT2D eigenvalue weighted by atomic mass is 32.1. The van der Waals surface area contributed by atoms with E-state index >= 15 is 0 Å². The van der Waals surface area contributed by atoms with Crippen molar-refractivity contribution in [3.8, 4) is 0 Å². The lowest BCUT2D eigenvalue weighted by Crippen LogP contribution is -2.24. The quantitative estimate of drug-likeness (QED) is 0.529. The van der Waals surface area contributed by atoms with Gasteiger partial charge in [0, 0.05) is 16.8 Å². The molecule has 0 bridgehead atoms. The van der Waals surface area contributed by atoms with Gasteiger partial charge in [0.15, 0.2) is 5.78 Å². The van der Waals surface area contributed by atoms with Crippen LogP contribution in [0.15, 0.2) is 77.2 Å². The van der Waals surface area contributed by atoms with Crippen molar-refractivity contribution < 1.29 is 9.59 Å². The van der Waals surface area contributed by atoms with Crippen LogP contribution < -0.4 is 10.9 Å². The van der Waals surface area contributed by atoms with Crippen molar-refractivity contribution >= 4 is 38.9 Å². The Morgan fingerprint density at radius 1 is 0.964 bits per heavy atom. The third-order valence-electron chi connectivity index (χ3n) is 4.27. The third-order valence-corrected chi connectivity index (χ3v) is 5.09. The molecule has 1 amide bonds. The number of hydrogen-bond acceptors (Lipinski definition) is 5. The summed E-state index contributed by atoms with van der Waals surface area (Å²) in [5, 5.41) is 5.10. The molecule has 2 aromatic heterocycles. The molecular weight excluding hydrogens is 374 g/mol. The molecule has 0 fully saturated rings. The van der Waals surface area contributed by atoms with E-state index in [-0.39, 0.29) is 23.8 Å². The number of nitrogens with zero attached hydrogens (tertiary/aromatic N) is 2. The Balaban J connectivity index is 1.47. The van der Waals surface area contributed by atoms with E-state index in [4.69, 9.17) is 0 Å². The van der Waals surface area contributed by atoms with E-state index in [1.165, 1.54) is 22.2 Å². The predicted molar refractivity (Wildman–Crippen MR) is 109 cm³/mol. The number of rotatable bonds is 5. The van der Waals surface area contributed by atoms with Gasteiger partial charge < -0.3 is 5.32 Å². The van der Waals surface area contributed by atoms with E-state index < -0.39 is 0 Å². The summed E-state index contributed by atoms with van der Waals surface area (Å²) >= 11 is 1.39. The Bertz CT molecular complexity index is 1210. The molecule has 0 aliphatic carbocycles. The Kier molecular flexibility index (Phi) is 4.82. The number of ketones is 1. The van der Waals surface area contributed by atoms with Gasteiger partial charge in [-0.2, -0.15) is 0 Å². The zero-order valence-corrected chi connectivity index (χ0v) is 15.5. The molecule has 4 rings (SSSR count). The number of nitrogens with one attached hydrogen (secondary N) is 1. The van der Waals surface area contributed by atoms with Crippen LogP contribution >= 0.6 is 11.3 Å². The molecule has 7 heteroatoms. The van der Waals surface area contributed by atoms with Crippen molar-refractivity contribution in [3.05, 3.63) is 93.9 Å². The largest absolute Gasteiger partial charge is 0.322 e. The van der Waals surface area contributed by atoms with Crippen LogP contribution in [0.2, 0.25) is 0 Å². The molecule has 4 aromatic rings. The Morgan fingerprint density at radius 3 is 2.46 bits per heavy atom. The Morgan fingerprint density at radius 2 is 1.71 bits per heavy atom. The minimum Gasteiger partial charge on any atom is -0.322 e. The lowest BCUT2D eigenvalue weighted by atomic mass is 10.1. The highest BCUT2D eigenvalue weighted by Crippen LogP contribution is 2.15. The van der Waals surface area contributed by atoms with E-state index in [1.807, 2.05) is 6.07 Å². The molecule has 0 aliphatic heterocycles. The van der Waals surface area contributed by atoms with Gasteiger partial charge in [-0.15, -0.1) is 11.3 Å². The summed E-state index contributed by atoms with van der Waals surface area (Å²) in [6, 6.07) is 17.2. The number of aromatic nitrogens is 2. The minimum absolute atomic E-state index is 0.0899. The lowest BCUT2D eigenvalue weighted by Gasteiger charge is -2.07. The average Bonchev–Trinajstić information content (AvgIpc) is 3.21. The van der Waals surface area contributed by atoms with Gasteiger partial charge in [-0.1, -0.05) is 18.2 Å². The van der Waals surface area contributed by atoms with E-state index in [1.54, 1.807) is 60.0 Å². The Labute approximate surface area is 164 Å². The standard InChI is InChI=1S/C21H15N3O3S/c25-18(12-24-13-22-20-17(21(24)27)10-11-28-20)14-6-8-16(9-7-14)23-19(26)15-4-2-1-3-5-15/h1-11,13H,12H2,(H,23,26). The molecule has 0 aliphatic rings. The first-order valence-electron chi connectivity index (χ1n) is 8.54. The molecule has 2 heterocycles. The first-order chi connectivity index (χ1) is 13.6. The van der Waals surface area contributed by atoms with Crippen molar-refractivity contribution in [3.63, 3.8) is 0 Å². The maximum absolute atomic E-state index is 12.5. The molecule has 0 saturated carbocycles. The molecule has 6 nitrogen and oxygen atoms in total. The number of benzene rings is 2. The zero-order valence-electron chi connectivity index (χ0n) is 14.7. The molecule has 28 heavy (non-hydrogen) atoms. The van der Waals surface area contributed by atoms with Crippen molar-refractivity contribution in [1.82, 2.24) is 9.55 Å². The number of Topliss-reactive ketones (excluding diaryl/α,β-unsaturated/α-hetero) is 1. The van der Waals surface area contributed by atoms with Gasteiger partial charge in [0.2, 0.25) is 0 Å². The summed E-state index contributed by atoms with van der Waals surface area (Å²) in [5.74, 6) is -0.430. The van der Waals surface area contributed by atoms with Gasteiger partial charge >= 0.3 is 0 Å². The second-order valence-electron chi connectivity index (χ2n) is 6.14. The fourth-order valence-corrected chi connectivity index (χ4v) is 3.51. The second-order valence-corrected chi connectivity index (χ2v) is 7.03. The second kappa shape index (κ2) is 7.58. The number of anilines is 1. The molecule has 0 atom stereocenters. The maximum Gasteiger partial charge on any atom is 0.262 e. The topological polar surface area (TPSA) is 81.1 Å². The van der Waals surface area contributed by atoms with Crippen LogP contribution in [0.3, 0.4) is 0 Å². The first kappa shape index (κ1) is 17.8. The molecule has 1 N–H and O–H groups in total. The van der Waals surface area contributed by atoms with Gasteiger partial charge in [-0.3, -0.25) is 19.0 Å². The average molecular weight is 389 g/mol. The van der Waals surface area contributed by atoms with Crippen LogP contribution in [0.25, 0.3) is 10.2 Å². The van der Waals surface area contributed by atoms with Crippen LogP contribution in [0.4, 0.5) is 5.69 Å². The smallest absolute Gasteiger partial charge is 0.262 e. The summed E-state index contributed by atoms with van der Waals surface area (Å²) in [6.07, 6.45) is 1.40. The number of fused-ring (bicyclic) bond motifs is 1. The van der Waals surface area contributed by atoms with Crippen LogP contribution in [0.5, 0.6) is 0 Å². The van der Waals surface area contributed by atoms with Crippen LogP contribution in [-0.4, -0.2) is 21.2 Å². The van der Waals surface area contributed by atoms with E-state index in [9.17, 15) is 14.4 Å². The van der Waals surface area contributed by atoms with E-state index in [2.05, 4.69) is 10.3 Å². The summed E-state index contributed by atoms with van der Waals surface area (Å²) in [7, 11) is 0. The highest BCUT2D eigenvalue weighted by molar-refractivity contribution is 7.16. The zero-order chi connectivity index (χ0) is 19.5. The SMILES string of the molecule is O=C(Cn1cnc2sccc2c1=O)c1ccc(NC(=O)c2ccccc2)cc1. The van der Waals surface area contributed by atoms with E-state index in [0.717, 1.165) is 0 Å². The van der Waals surface area contributed by atoms with Gasteiger partial charge in [0.25, 0.3) is 11.5 Å². The molecule has 138 valence electrons. The number of carbonyl (C=O) groups is 2. The molecule has 0 unspecified atom stereocenters. The predicted octanol–water partition coefficient (Wildman–Crippen LogP) is 3.59. The van der Waals surface area contributed by atoms with Crippen LogP contribution in [-0.2, 0) is 6.54 Å². The number of thiophene rings is 1. The fourth-order valence-electron chi connectivity index (χ4n) is 2.78. The van der Waals surface area contributed by atoms with Gasteiger partial charge in [-0.25, -0.2) is 4.98 Å². The fraction of sp³-hybridized carbons (Fsp3) is 0.0476. The van der Waals surface area contributed by atoms with Crippen molar-refractivity contribution in [2.24, 2.45) is 0 Å². The Hall–Kier alpha value is -3.58. The molecule has 0 radical (unpaired) electrons. The molecule has 0 spiro atoms. The summed E-state index contributed by atoms with van der Waals surface area (Å²) in [6.45, 7) is -0.0899. The number of amides is 1. The minimum atomic E-state index is -0.230. The van der Waals surface area contributed by atoms with Gasteiger partial charge in [0.1, 0.15) is 4.83 Å². The van der Waals surface area contributed by atoms with Crippen molar-refractivity contribution in [1.29, 1.82) is 0 Å².